The predicted octanol–water partition coefficient (Wildman–Crippen LogP) is 4.29. The van der Waals surface area contributed by atoms with Crippen molar-refractivity contribution in [3.05, 3.63) is 70.7 Å². The molecule has 0 saturated heterocycles. The lowest BCUT2D eigenvalue weighted by atomic mass is 9.99. The molecular formula is C18H20ClNO. The third-order valence-electron chi connectivity index (χ3n) is 3.46. The zero-order chi connectivity index (χ0) is 15.2. The van der Waals surface area contributed by atoms with E-state index >= 15 is 0 Å². The van der Waals surface area contributed by atoms with Gasteiger partial charge in [0.2, 0.25) is 0 Å². The van der Waals surface area contributed by atoms with E-state index < -0.39 is 0 Å². The first-order chi connectivity index (χ1) is 10.1. The Morgan fingerprint density at radius 3 is 2.33 bits per heavy atom. The summed E-state index contributed by atoms with van der Waals surface area (Å²) in [6.45, 7) is 3.52. The normalized spacial score (nSPS) is 12.4. The van der Waals surface area contributed by atoms with Gasteiger partial charge in [-0.15, -0.1) is 0 Å². The zero-order valence-corrected chi connectivity index (χ0v) is 13.2. The molecule has 0 spiro atoms. The lowest BCUT2D eigenvalue weighted by molar-refractivity contribution is 0.0901. The summed E-state index contributed by atoms with van der Waals surface area (Å²) in [5.41, 5.74) is 1.98. The number of Topliss-reactive ketones (excluding diaryl/α,β-unsaturated/α-hetero) is 1. The summed E-state index contributed by atoms with van der Waals surface area (Å²) in [5, 5.41) is 0.744. The van der Waals surface area contributed by atoms with Crippen molar-refractivity contribution in [1.82, 2.24) is 4.90 Å². The maximum Gasteiger partial charge on any atom is 0.166 e. The van der Waals surface area contributed by atoms with Crippen LogP contribution in [0.4, 0.5) is 0 Å². The van der Waals surface area contributed by atoms with Crippen molar-refractivity contribution < 1.29 is 4.79 Å². The molecule has 0 radical (unpaired) electrons. The van der Waals surface area contributed by atoms with E-state index in [2.05, 4.69) is 4.90 Å². The van der Waals surface area contributed by atoms with E-state index in [9.17, 15) is 4.79 Å². The summed E-state index contributed by atoms with van der Waals surface area (Å²) in [6, 6.07) is 17.3. The Bertz CT molecular complexity index is 580. The topological polar surface area (TPSA) is 20.3 Å². The molecule has 0 aliphatic carbocycles. The van der Waals surface area contributed by atoms with E-state index in [4.69, 9.17) is 11.6 Å². The van der Waals surface area contributed by atoms with Crippen LogP contribution in [0.5, 0.6) is 0 Å². The molecule has 0 aromatic heterocycles. The highest BCUT2D eigenvalue weighted by Crippen LogP contribution is 2.13. The molecule has 0 amide bonds. The molecule has 3 heteroatoms. The maximum absolute atomic E-state index is 12.3. The van der Waals surface area contributed by atoms with Gasteiger partial charge in [0.05, 0.1) is 0 Å². The molecule has 0 heterocycles. The van der Waals surface area contributed by atoms with Crippen LogP contribution in [0.1, 0.15) is 22.8 Å². The molecule has 0 aliphatic heterocycles. The minimum Gasteiger partial charge on any atom is -0.301 e. The van der Waals surface area contributed by atoms with Crippen molar-refractivity contribution in [2.45, 2.75) is 13.5 Å². The van der Waals surface area contributed by atoms with Crippen molar-refractivity contribution in [2.24, 2.45) is 5.92 Å². The molecule has 21 heavy (non-hydrogen) atoms. The van der Waals surface area contributed by atoms with Crippen LogP contribution in [0.15, 0.2) is 54.6 Å². The molecule has 1 atom stereocenters. The molecule has 110 valence electrons. The average molecular weight is 302 g/mol. The fraction of sp³-hybridized carbons (Fsp3) is 0.278. The van der Waals surface area contributed by atoms with Gasteiger partial charge < -0.3 is 4.90 Å². The Hall–Kier alpha value is -1.64. The number of hydrogen-bond acceptors (Lipinski definition) is 2. The zero-order valence-electron chi connectivity index (χ0n) is 12.4. The Morgan fingerprint density at radius 1 is 1.10 bits per heavy atom. The quantitative estimate of drug-likeness (QED) is 0.742. The maximum atomic E-state index is 12.3. The Kier molecular flexibility index (Phi) is 5.54. The van der Waals surface area contributed by atoms with Crippen LogP contribution in [0.2, 0.25) is 5.02 Å². The minimum atomic E-state index is -0.0234. The van der Waals surface area contributed by atoms with Gasteiger partial charge in [-0.25, -0.2) is 0 Å². The van der Waals surface area contributed by atoms with Crippen LogP contribution in [0.25, 0.3) is 0 Å². The predicted molar refractivity (Wildman–Crippen MR) is 87.7 cm³/mol. The summed E-state index contributed by atoms with van der Waals surface area (Å²) in [4.78, 5) is 14.5. The third-order valence-corrected chi connectivity index (χ3v) is 3.71. The lowest BCUT2D eigenvalue weighted by Crippen LogP contribution is -2.28. The van der Waals surface area contributed by atoms with Gasteiger partial charge in [0.15, 0.2) is 5.78 Å². The summed E-state index contributed by atoms with van der Waals surface area (Å²) >= 11 is 5.88. The summed E-state index contributed by atoms with van der Waals surface area (Å²) < 4.78 is 0. The molecule has 0 fully saturated rings. The Morgan fingerprint density at radius 2 is 1.71 bits per heavy atom. The van der Waals surface area contributed by atoms with Crippen molar-refractivity contribution in [2.75, 3.05) is 13.6 Å². The van der Waals surface area contributed by atoms with Gasteiger partial charge in [-0.3, -0.25) is 4.79 Å². The highest BCUT2D eigenvalue weighted by Gasteiger charge is 2.16. The second-order valence-electron chi connectivity index (χ2n) is 5.45. The fourth-order valence-corrected chi connectivity index (χ4v) is 2.53. The van der Waals surface area contributed by atoms with Crippen LogP contribution in [-0.2, 0) is 6.54 Å². The summed E-state index contributed by atoms with van der Waals surface area (Å²) in [5.74, 6) is 0.170. The van der Waals surface area contributed by atoms with E-state index in [0.717, 1.165) is 23.7 Å². The lowest BCUT2D eigenvalue weighted by Gasteiger charge is -2.20. The Labute approximate surface area is 131 Å². The van der Waals surface area contributed by atoms with E-state index in [1.165, 1.54) is 5.56 Å². The van der Waals surface area contributed by atoms with Crippen LogP contribution in [0, 0.1) is 5.92 Å². The molecule has 2 aromatic carbocycles. The average Bonchev–Trinajstić information content (AvgIpc) is 2.49. The minimum absolute atomic E-state index is 0.0234. The highest BCUT2D eigenvalue weighted by molar-refractivity contribution is 6.30. The van der Waals surface area contributed by atoms with Crippen molar-refractivity contribution in [3.63, 3.8) is 0 Å². The first-order valence-electron chi connectivity index (χ1n) is 7.08. The molecule has 0 bridgehead atoms. The summed E-state index contributed by atoms with van der Waals surface area (Å²) in [6.07, 6.45) is 0. The van der Waals surface area contributed by atoms with Gasteiger partial charge in [-0.05, 0) is 24.7 Å². The molecule has 0 saturated carbocycles. The monoisotopic (exact) mass is 301 g/mol. The summed E-state index contributed by atoms with van der Waals surface area (Å²) in [7, 11) is 2.03. The number of ketones is 1. The van der Waals surface area contributed by atoms with Gasteiger partial charge in [-0.2, -0.15) is 0 Å². The molecular weight excluding hydrogens is 282 g/mol. The van der Waals surface area contributed by atoms with E-state index in [-0.39, 0.29) is 11.7 Å². The first-order valence-corrected chi connectivity index (χ1v) is 7.46. The van der Waals surface area contributed by atoms with Gasteiger partial charge in [0.25, 0.3) is 0 Å². The SMILES string of the molecule is CC(CN(C)Cc1ccc(Cl)cc1)C(=O)c1ccccc1. The number of halogens is 1. The highest BCUT2D eigenvalue weighted by atomic mass is 35.5. The second-order valence-corrected chi connectivity index (χ2v) is 5.89. The number of hydrogen-bond donors (Lipinski definition) is 0. The van der Waals surface area contributed by atoms with Gasteiger partial charge in [0, 0.05) is 29.6 Å². The van der Waals surface area contributed by atoms with Gasteiger partial charge in [-0.1, -0.05) is 61.0 Å². The van der Waals surface area contributed by atoms with Crippen molar-refractivity contribution >= 4 is 17.4 Å². The molecule has 1 unspecified atom stereocenters. The second kappa shape index (κ2) is 7.39. The number of carbonyl (C=O) groups is 1. The van der Waals surface area contributed by atoms with Gasteiger partial charge >= 0.3 is 0 Å². The van der Waals surface area contributed by atoms with E-state index in [0.29, 0.717) is 0 Å². The number of nitrogens with zero attached hydrogens (tertiary/aromatic N) is 1. The van der Waals surface area contributed by atoms with E-state index in [1.807, 2.05) is 68.6 Å². The molecule has 0 aliphatic rings. The fourth-order valence-electron chi connectivity index (χ4n) is 2.40. The molecule has 2 rings (SSSR count). The van der Waals surface area contributed by atoms with Crippen LogP contribution in [-0.4, -0.2) is 24.3 Å². The Balaban J connectivity index is 1.91. The molecule has 0 N–H and O–H groups in total. The van der Waals surface area contributed by atoms with Crippen molar-refractivity contribution in [1.29, 1.82) is 0 Å². The van der Waals surface area contributed by atoms with Gasteiger partial charge in [0.1, 0.15) is 0 Å². The van der Waals surface area contributed by atoms with Crippen LogP contribution in [0.3, 0.4) is 0 Å². The first kappa shape index (κ1) is 15.7. The van der Waals surface area contributed by atoms with Crippen LogP contribution >= 0.6 is 11.6 Å². The third kappa shape index (κ3) is 4.69. The number of benzene rings is 2. The number of rotatable bonds is 6. The smallest absolute Gasteiger partial charge is 0.166 e. The largest absolute Gasteiger partial charge is 0.301 e. The number of carbonyl (C=O) groups excluding carboxylic acids is 1. The van der Waals surface area contributed by atoms with Crippen LogP contribution < -0.4 is 0 Å². The molecule has 2 aromatic rings. The van der Waals surface area contributed by atoms with E-state index in [1.54, 1.807) is 0 Å². The van der Waals surface area contributed by atoms with Crippen molar-refractivity contribution in [3.8, 4) is 0 Å². The standard InChI is InChI=1S/C18H20ClNO/c1-14(18(21)16-6-4-3-5-7-16)12-20(2)13-15-8-10-17(19)11-9-15/h3-11,14H,12-13H2,1-2H3. The molecule has 2 nitrogen and oxygen atoms in total.